The monoisotopic (exact) mass is 314 g/mol. The SMILES string of the molecule is O=C(NCc1cccc(C(F)(F)F)c1)c1ccc(Cl)nc1. The second-order valence-electron chi connectivity index (χ2n) is 4.25. The number of nitrogens with zero attached hydrogens (tertiary/aromatic N) is 1. The maximum Gasteiger partial charge on any atom is 0.416 e. The number of hydrogen-bond donors (Lipinski definition) is 1. The van der Waals surface area contributed by atoms with Crippen molar-refractivity contribution in [3.8, 4) is 0 Å². The van der Waals surface area contributed by atoms with Gasteiger partial charge in [0.2, 0.25) is 0 Å². The first kappa shape index (κ1) is 15.3. The molecule has 110 valence electrons. The van der Waals surface area contributed by atoms with Gasteiger partial charge in [0.05, 0.1) is 11.1 Å². The van der Waals surface area contributed by atoms with E-state index in [1.165, 1.54) is 30.5 Å². The largest absolute Gasteiger partial charge is 0.416 e. The quantitative estimate of drug-likeness (QED) is 0.878. The van der Waals surface area contributed by atoms with Crippen LogP contribution in [0.3, 0.4) is 0 Å². The summed E-state index contributed by atoms with van der Waals surface area (Å²) >= 11 is 5.60. The summed E-state index contributed by atoms with van der Waals surface area (Å²) in [7, 11) is 0. The van der Waals surface area contributed by atoms with Gasteiger partial charge < -0.3 is 5.32 Å². The van der Waals surface area contributed by atoms with Crippen molar-refractivity contribution in [3.05, 3.63) is 64.4 Å². The molecule has 0 saturated carbocycles. The Morgan fingerprint density at radius 3 is 2.62 bits per heavy atom. The van der Waals surface area contributed by atoms with Gasteiger partial charge in [-0.25, -0.2) is 4.98 Å². The van der Waals surface area contributed by atoms with Gasteiger partial charge in [-0.05, 0) is 29.8 Å². The minimum atomic E-state index is -4.40. The zero-order valence-corrected chi connectivity index (χ0v) is 11.4. The van der Waals surface area contributed by atoms with E-state index in [4.69, 9.17) is 11.6 Å². The number of benzene rings is 1. The maximum absolute atomic E-state index is 12.6. The number of rotatable bonds is 3. The average molecular weight is 315 g/mol. The Morgan fingerprint density at radius 2 is 2.00 bits per heavy atom. The number of nitrogens with one attached hydrogen (secondary N) is 1. The summed E-state index contributed by atoms with van der Waals surface area (Å²) < 4.78 is 37.7. The van der Waals surface area contributed by atoms with Gasteiger partial charge in [0.25, 0.3) is 5.91 Å². The van der Waals surface area contributed by atoms with Crippen LogP contribution in [0, 0.1) is 0 Å². The number of carbonyl (C=O) groups excluding carboxylic acids is 1. The van der Waals surface area contributed by atoms with Crippen LogP contribution < -0.4 is 5.32 Å². The van der Waals surface area contributed by atoms with E-state index in [1.54, 1.807) is 0 Å². The highest BCUT2D eigenvalue weighted by atomic mass is 35.5. The van der Waals surface area contributed by atoms with E-state index in [1.807, 2.05) is 0 Å². The third-order valence-electron chi connectivity index (χ3n) is 2.70. The van der Waals surface area contributed by atoms with E-state index in [-0.39, 0.29) is 17.3 Å². The zero-order valence-electron chi connectivity index (χ0n) is 10.6. The molecule has 1 N–H and O–H groups in total. The molecule has 0 aliphatic rings. The molecule has 1 amide bonds. The molecule has 0 fully saturated rings. The smallest absolute Gasteiger partial charge is 0.348 e. The molecular formula is C14H10ClF3N2O. The van der Waals surface area contributed by atoms with Gasteiger partial charge in [-0.1, -0.05) is 23.7 Å². The molecule has 0 saturated heterocycles. The lowest BCUT2D eigenvalue weighted by atomic mass is 10.1. The standard InChI is InChI=1S/C14H10ClF3N2O/c15-12-5-4-10(8-19-12)13(21)20-7-9-2-1-3-11(6-9)14(16,17)18/h1-6,8H,7H2,(H,20,21). The van der Waals surface area contributed by atoms with Crippen LogP contribution in [0.25, 0.3) is 0 Å². The summed E-state index contributed by atoms with van der Waals surface area (Å²) in [6, 6.07) is 7.73. The Bertz CT molecular complexity index is 641. The summed E-state index contributed by atoms with van der Waals surface area (Å²) in [6.45, 7) is -0.00855. The van der Waals surface area contributed by atoms with E-state index in [9.17, 15) is 18.0 Å². The fourth-order valence-electron chi connectivity index (χ4n) is 1.65. The molecule has 0 bridgehead atoms. The van der Waals surface area contributed by atoms with Gasteiger partial charge >= 0.3 is 6.18 Å². The van der Waals surface area contributed by atoms with Crippen LogP contribution >= 0.6 is 11.6 Å². The second-order valence-corrected chi connectivity index (χ2v) is 4.64. The molecule has 2 rings (SSSR count). The van der Waals surface area contributed by atoms with Gasteiger partial charge in [-0.3, -0.25) is 4.79 Å². The second kappa shape index (κ2) is 6.13. The van der Waals surface area contributed by atoms with Crippen LogP contribution in [-0.2, 0) is 12.7 Å². The lowest BCUT2D eigenvalue weighted by Crippen LogP contribution is -2.23. The first-order valence-corrected chi connectivity index (χ1v) is 6.30. The van der Waals surface area contributed by atoms with Crippen molar-refractivity contribution in [1.29, 1.82) is 0 Å². The van der Waals surface area contributed by atoms with Crippen molar-refractivity contribution >= 4 is 17.5 Å². The molecule has 0 unspecified atom stereocenters. The number of amides is 1. The molecule has 2 aromatic rings. The van der Waals surface area contributed by atoms with Crippen LogP contribution in [0.2, 0.25) is 5.15 Å². The summed E-state index contributed by atoms with van der Waals surface area (Å²) in [5.41, 5.74) is -0.103. The molecular weight excluding hydrogens is 305 g/mol. The molecule has 3 nitrogen and oxygen atoms in total. The topological polar surface area (TPSA) is 42.0 Å². The van der Waals surface area contributed by atoms with E-state index in [2.05, 4.69) is 10.3 Å². The number of hydrogen-bond acceptors (Lipinski definition) is 2. The Balaban J connectivity index is 2.03. The lowest BCUT2D eigenvalue weighted by molar-refractivity contribution is -0.137. The maximum atomic E-state index is 12.6. The summed E-state index contributed by atoms with van der Waals surface area (Å²) in [5.74, 6) is -0.434. The lowest BCUT2D eigenvalue weighted by Gasteiger charge is -2.09. The van der Waals surface area contributed by atoms with Gasteiger partial charge in [-0.2, -0.15) is 13.2 Å². The Labute approximate surface area is 123 Å². The summed E-state index contributed by atoms with van der Waals surface area (Å²) in [4.78, 5) is 15.6. The van der Waals surface area contributed by atoms with E-state index in [0.717, 1.165) is 12.1 Å². The molecule has 0 atom stereocenters. The fourth-order valence-corrected chi connectivity index (χ4v) is 1.76. The fraction of sp³-hybridized carbons (Fsp3) is 0.143. The number of aromatic nitrogens is 1. The summed E-state index contributed by atoms with van der Waals surface area (Å²) in [6.07, 6.45) is -3.11. The molecule has 21 heavy (non-hydrogen) atoms. The average Bonchev–Trinajstić information content (AvgIpc) is 2.45. The first-order valence-electron chi connectivity index (χ1n) is 5.92. The minimum absolute atomic E-state index is 0.00855. The van der Waals surface area contributed by atoms with E-state index < -0.39 is 17.6 Å². The molecule has 0 radical (unpaired) electrons. The molecule has 0 aliphatic carbocycles. The predicted molar refractivity (Wildman–Crippen MR) is 71.9 cm³/mol. The first-order chi connectivity index (χ1) is 9.86. The molecule has 0 aliphatic heterocycles. The van der Waals surface area contributed by atoms with Gasteiger partial charge in [-0.15, -0.1) is 0 Å². The molecule has 7 heteroatoms. The van der Waals surface area contributed by atoms with Gasteiger partial charge in [0.15, 0.2) is 0 Å². The zero-order chi connectivity index (χ0) is 15.5. The number of pyridine rings is 1. The van der Waals surface area contributed by atoms with Crippen molar-refractivity contribution in [1.82, 2.24) is 10.3 Å². The van der Waals surface area contributed by atoms with Gasteiger partial charge in [0.1, 0.15) is 5.15 Å². The Morgan fingerprint density at radius 1 is 1.24 bits per heavy atom. The molecule has 1 aromatic carbocycles. The van der Waals surface area contributed by atoms with Crippen molar-refractivity contribution in [3.63, 3.8) is 0 Å². The third-order valence-corrected chi connectivity index (χ3v) is 2.92. The van der Waals surface area contributed by atoms with Crippen LogP contribution in [0.4, 0.5) is 13.2 Å². The highest BCUT2D eigenvalue weighted by Gasteiger charge is 2.30. The molecule has 0 spiro atoms. The molecule has 1 aromatic heterocycles. The molecule has 1 heterocycles. The van der Waals surface area contributed by atoms with Crippen molar-refractivity contribution in [2.75, 3.05) is 0 Å². The third kappa shape index (κ3) is 4.19. The van der Waals surface area contributed by atoms with Gasteiger partial charge in [0, 0.05) is 12.7 Å². The number of halogens is 4. The Hall–Kier alpha value is -2.08. The van der Waals surface area contributed by atoms with E-state index in [0.29, 0.717) is 5.56 Å². The van der Waals surface area contributed by atoms with Crippen LogP contribution in [0.15, 0.2) is 42.6 Å². The predicted octanol–water partition coefficient (Wildman–Crippen LogP) is 3.68. The van der Waals surface area contributed by atoms with Crippen molar-refractivity contribution in [2.45, 2.75) is 12.7 Å². The van der Waals surface area contributed by atoms with Crippen LogP contribution in [0.1, 0.15) is 21.5 Å². The van der Waals surface area contributed by atoms with Crippen LogP contribution in [0.5, 0.6) is 0 Å². The van der Waals surface area contributed by atoms with Crippen molar-refractivity contribution < 1.29 is 18.0 Å². The number of carbonyl (C=O) groups is 1. The normalized spacial score (nSPS) is 11.2. The highest BCUT2D eigenvalue weighted by molar-refractivity contribution is 6.29. The highest BCUT2D eigenvalue weighted by Crippen LogP contribution is 2.29. The summed E-state index contributed by atoms with van der Waals surface area (Å²) in [5, 5.41) is 2.78. The van der Waals surface area contributed by atoms with Crippen LogP contribution in [-0.4, -0.2) is 10.9 Å². The van der Waals surface area contributed by atoms with E-state index >= 15 is 0 Å². The minimum Gasteiger partial charge on any atom is -0.348 e. The Kier molecular flexibility index (Phi) is 4.47. The van der Waals surface area contributed by atoms with Crippen molar-refractivity contribution in [2.24, 2.45) is 0 Å². The number of alkyl halides is 3.